The van der Waals surface area contributed by atoms with Crippen molar-refractivity contribution in [3.8, 4) is 5.69 Å². The Morgan fingerprint density at radius 3 is 2.48 bits per heavy atom. The number of hydrogen-bond acceptors (Lipinski definition) is 4. The number of Topliss-reactive ketones (excluding diaryl/α,β-unsaturated/α-hetero) is 1. The Morgan fingerprint density at radius 1 is 1.05 bits per heavy atom. The van der Waals surface area contributed by atoms with Crippen molar-refractivity contribution in [2.75, 3.05) is 32.7 Å². The molecule has 1 atom stereocenters. The van der Waals surface area contributed by atoms with E-state index in [2.05, 4.69) is 14.9 Å². The van der Waals surface area contributed by atoms with Crippen LogP contribution in [0.1, 0.15) is 10.5 Å². The second-order valence-electron chi connectivity index (χ2n) is 5.68. The lowest BCUT2D eigenvalue weighted by molar-refractivity contribution is 0.0155. The van der Waals surface area contributed by atoms with Gasteiger partial charge in [-0.25, -0.2) is 4.68 Å². The molecule has 5 nitrogen and oxygen atoms in total. The molecule has 4 heterocycles. The Labute approximate surface area is 123 Å². The van der Waals surface area contributed by atoms with E-state index in [0.717, 1.165) is 38.4 Å². The molecule has 1 unspecified atom stereocenters. The van der Waals surface area contributed by atoms with Crippen molar-refractivity contribution in [2.24, 2.45) is 0 Å². The summed E-state index contributed by atoms with van der Waals surface area (Å²) in [7, 11) is 0. The molecule has 0 N–H and O–H groups in total. The van der Waals surface area contributed by atoms with Crippen molar-refractivity contribution in [1.29, 1.82) is 0 Å². The molecule has 3 aliphatic rings. The van der Waals surface area contributed by atoms with Gasteiger partial charge in [-0.3, -0.25) is 14.6 Å². The standard InChI is InChI=1S/C16H18N4O/c21-16(15-12-18-8-10-19(15)11-9-18)14-6-7-17-20(14)13-4-2-1-3-5-13/h1-7,15H,8-12H2. The Morgan fingerprint density at radius 2 is 1.81 bits per heavy atom. The van der Waals surface area contributed by atoms with E-state index in [1.807, 2.05) is 36.4 Å². The lowest BCUT2D eigenvalue weighted by atomic mass is 10.0. The van der Waals surface area contributed by atoms with Crippen LogP contribution in [0, 0.1) is 0 Å². The van der Waals surface area contributed by atoms with E-state index in [0.29, 0.717) is 5.69 Å². The fourth-order valence-electron chi connectivity index (χ4n) is 3.30. The van der Waals surface area contributed by atoms with Gasteiger partial charge in [-0.05, 0) is 18.2 Å². The van der Waals surface area contributed by atoms with Crippen LogP contribution in [-0.4, -0.2) is 64.1 Å². The highest BCUT2D eigenvalue weighted by atomic mass is 16.1. The minimum Gasteiger partial charge on any atom is -0.299 e. The second-order valence-corrected chi connectivity index (χ2v) is 5.68. The molecule has 3 saturated heterocycles. The lowest BCUT2D eigenvalue weighted by Crippen LogP contribution is -2.63. The third kappa shape index (κ3) is 2.18. The Kier molecular flexibility index (Phi) is 3.09. The van der Waals surface area contributed by atoms with Gasteiger partial charge in [0.05, 0.1) is 17.9 Å². The van der Waals surface area contributed by atoms with Crippen molar-refractivity contribution in [2.45, 2.75) is 6.04 Å². The van der Waals surface area contributed by atoms with E-state index in [1.165, 1.54) is 0 Å². The quantitative estimate of drug-likeness (QED) is 0.789. The maximum atomic E-state index is 12.9. The SMILES string of the molecule is O=C(c1ccnn1-c1ccccc1)C1CN2CCN1CC2. The number of carbonyl (C=O) groups excluding carboxylic acids is 1. The van der Waals surface area contributed by atoms with Gasteiger partial charge in [-0.1, -0.05) is 18.2 Å². The highest BCUT2D eigenvalue weighted by Crippen LogP contribution is 2.20. The van der Waals surface area contributed by atoms with Crippen LogP contribution in [0.15, 0.2) is 42.6 Å². The number of ketones is 1. The minimum absolute atomic E-state index is 0.0216. The molecule has 0 amide bonds. The zero-order valence-electron chi connectivity index (χ0n) is 11.9. The number of nitrogens with zero attached hydrogens (tertiary/aromatic N) is 4. The summed E-state index contributed by atoms with van der Waals surface area (Å²) < 4.78 is 1.75. The number of rotatable bonds is 3. The second kappa shape index (κ2) is 5.09. The molecule has 1 aromatic heterocycles. The van der Waals surface area contributed by atoms with E-state index >= 15 is 0 Å². The molecule has 5 rings (SSSR count). The number of aromatic nitrogens is 2. The van der Waals surface area contributed by atoms with Gasteiger partial charge in [0.2, 0.25) is 0 Å². The highest BCUT2D eigenvalue weighted by molar-refractivity contribution is 5.99. The molecule has 2 aromatic rings. The molecule has 21 heavy (non-hydrogen) atoms. The first-order valence-electron chi connectivity index (χ1n) is 7.43. The molecule has 0 aliphatic carbocycles. The largest absolute Gasteiger partial charge is 0.299 e. The zero-order valence-corrected chi connectivity index (χ0v) is 11.9. The molecule has 3 fully saturated rings. The molecular weight excluding hydrogens is 264 g/mol. The van der Waals surface area contributed by atoms with E-state index < -0.39 is 0 Å². The summed E-state index contributed by atoms with van der Waals surface area (Å²) >= 11 is 0. The van der Waals surface area contributed by atoms with Crippen molar-refractivity contribution in [1.82, 2.24) is 19.6 Å². The van der Waals surface area contributed by atoms with Crippen LogP contribution in [0.4, 0.5) is 0 Å². The van der Waals surface area contributed by atoms with Crippen LogP contribution in [-0.2, 0) is 0 Å². The number of hydrogen-bond donors (Lipinski definition) is 0. The molecule has 0 radical (unpaired) electrons. The smallest absolute Gasteiger partial charge is 0.199 e. The molecular formula is C16H18N4O. The maximum Gasteiger partial charge on any atom is 0.199 e. The summed E-state index contributed by atoms with van der Waals surface area (Å²) in [5.41, 5.74) is 1.61. The van der Waals surface area contributed by atoms with Gasteiger partial charge in [-0.15, -0.1) is 0 Å². The maximum absolute atomic E-state index is 12.9. The molecule has 0 spiro atoms. The first kappa shape index (κ1) is 12.7. The molecule has 108 valence electrons. The van der Waals surface area contributed by atoms with E-state index in [-0.39, 0.29) is 11.8 Å². The average Bonchev–Trinajstić information content (AvgIpc) is 3.05. The normalized spacial score (nSPS) is 27.7. The van der Waals surface area contributed by atoms with Gasteiger partial charge in [0, 0.05) is 32.7 Å². The van der Waals surface area contributed by atoms with E-state index in [1.54, 1.807) is 10.9 Å². The molecule has 1 aromatic carbocycles. The van der Waals surface area contributed by atoms with Crippen LogP contribution < -0.4 is 0 Å². The van der Waals surface area contributed by atoms with Crippen LogP contribution in [0.5, 0.6) is 0 Å². The third-order valence-corrected chi connectivity index (χ3v) is 4.48. The average molecular weight is 282 g/mol. The van der Waals surface area contributed by atoms with Crippen LogP contribution in [0.25, 0.3) is 5.69 Å². The summed E-state index contributed by atoms with van der Waals surface area (Å²) in [6.45, 7) is 5.01. The van der Waals surface area contributed by atoms with Crippen molar-refractivity contribution < 1.29 is 4.79 Å². The first-order valence-corrected chi connectivity index (χ1v) is 7.43. The Hall–Kier alpha value is -1.98. The summed E-state index contributed by atoms with van der Waals surface area (Å²) in [5, 5.41) is 4.33. The summed E-state index contributed by atoms with van der Waals surface area (Å²) in [4.78, 5) is 17.6. The monoisotopic (exact) mass is 282 g/mol. The van der Waals surface area contributed by atoms with Gasteiger partial charge in [0.25, 0.3) is 0 Å². The number of carbonyl (C=O) groups is 1. The number of benzene rings is 1. The minimum atomic E-state index is -0.0216. The third-order valence-electron chi connectivity index (χ3n) is 4.48. The Balaban J connectivity index is 1.65. The van der Waals surface area contributed by atoms with E-state index in [9.17, 15) is 4.79 Å². The van der Waals surface area contributed by atoms with Crippen LogP contribution in [0.3, 0.4) is 0 Å². The molecule has 0 saturated carbocycles. The van der Waals surface area contributed by atoms with Gasteiger partial charge in [0.1, 0.15) is 5.69 Å². The molecule has 5 heteroatoms. The zero-order chi connectivity index (χ0) is 14.2. The van der Waals surface area contributed by atoms with Crippen molar-refractivity contribution in [3.63, 3.8) is 0 Å². The predicted octanol–water partition coefficient (Wildman–Crippen LogP) is 1.05. The van der Waals surface area contributed by atoms with Crippen molar-refractivity contribution in [3.05, 3.63) is 48.3 Å². The fourth-order valence-corrected chi connectivity index (χ4v) is 3.30. The van der Waals surface area contributed by atoms with Gasteiger partial charge in [-0.2, -0.15) is 5.10 Å². The van der Waals surface area contributed by atoms with Gasteiger partial charge < -0.3 is 0 Å². The fraction of sp³-hybridized carbons (Fsp3) is 0.375. The summed E-state index contributed by atoms with van der Waals surface area (Å²) in [5.74, 6) is 0.181. The van der Waals surface area contributed by atoms with Gasteiger partial charge >= 0.3 is 0 Å². The summed E-state index contributed by atoms with van der Waals surface area (Å²) in [6, 6.07) is 11.6. The molecule has 3 aliphatic heterocycles. The first-order chi connectivity index (χ1) is 10.3. The molecule has 2 bridgehead atoms. The number of fused-ring (bicyclic) bond motifs is 3. The number of para-hydroxylation sites is 1. The Bertz CT molecular complexity index is 643. The highest BCUT2D eigenvalue weighted by Gasteiger charge is 2.37. The summed E-state index contributed by atoms with van der Waals surface area (Å²) in [6.07, 6.45) is 1.71. The topological polar surface area (TPSA) is 41.4 Å². The van der Waals surface area contributed by atoms with Gasteiger partial charge in [0.15, 0.2) is 5.78 Å². The van der Waals surface area contributed by atoms with Crippen molar-refractivity contribution >= 4 is 5.78 Å². The van der Waals surface area contributed by atoms with Crippen LogP contribution >= 0.6 is 0 Å². The van der Waals surface area contributed by atoms with E-state index in [4.69, 9.17) is 0 Å². The number of piperazine rings is 3. The van der Waals surface area contributed by atoms with Crippen LogP contribution in [0.2, 0.25) is 0 Å². The predicted molar refractivity (Wildman–Crippen MR) is 79.7 cm³/mol. The lowest BCUT2D eigenvalue weighted by Gasteiger charge is -2.46.